The third-order valence-corrected chi connectivity index (χ3v) is 4.66. The Morgan fingerprint density at radius 3 is 2.26 bits per heavy atom. The van der Waals surface area contributed by atoms with Gasteiger partial charge in [-0.2, -0.15) is 8.42 Å². The first kappa shape index (κ1) is 18.2. The largest absolute Gasteiger partial charge is 0.398 e. The lowest BCUT2D eigenvalue weighted by molar-refractivity contribution is -0.385. The molecule has 0 atom stereocenters. The molecule has 0 aliphatic heterocycles. The lowest BCUT2D eigenvalue weighted by Crippen LogP contribution is -2.00. The van der Waals surface area contributed by atoms with Crippen molar-refractivity contribution < 1.29 is 17.9 Å². The molecule has 3 aromatic carbocycles. The maximum absolute atomic E-state index is 11.5. The Morgan fingerprint density at radius 2 is 1.59 bits per heavy atom. The number of azo groups is 1. The Bertz CT molecular complexity index is 1200. The Balaban J connectivity index is 2.15. The van der Waals surface area contributed by atoms with Crippen molar-refractivity contribution in [3.63, 3.8) is 0 Å². The first-order valence-corrected chi connectivity index (χ1v) is 8.87. The van der Waals surface area contributed by atoms with E-state index >= 15 is 0 Å². The molecule has 0 bridgehead atoms. The maximum Gasteiger partial charge on any atom is 0.297 e. The predicted molar refractivity (Wildman–Crippen MR) is 99.9 cm³/mol. The highest BCUT2D eigenvalue weighted by Gasteiger charge is 2.20. The monoisotopic (exact) mass is 387 g/mol. The normalized spacial score (nSPS) is 11.9. The van der Waals surface area contributed by atoms with Crippen LogP contribution in [0.3, 0.4) is 0 Å². The van der Waals surface area contributed by atoms with E-state index in [2.05, 4.69) is 10.2 Å². The summed E-state index contributed by atoms with van der Waals surface area (Å²) in [5.74, 6) is 0. The molecule has 0 aliphatic carbocycles. The number of anilines is 2. The van der Waals surface area contributed by atoms with Crippen LogP contribution in [0.1, 0.15) is 0 Å². The molecule has 0 heterocycles. The van der Waals surface area contributed by atoms with Gasteiger partial charge in [-0.15, -0.1) is 10.2 Å². The third-order valence-electron chi connectivity index (χ3n) is 3.78. The van der Waals surface area contributed by atoms with Crippen LogP contribution in [-0.4, -0.2) is 17.9 Å². The van der Waals surface area contributed by atoms with Crippen molar-refractivity contribution in [1.29, 1.82) is 0 Å². The maximum atomic E-state index is 11.5. The first-order chi connectivity index (χ1) is 12.7. The summed E-state index contributed by atoms with van der Waals surface area (Å²) in [7, 11) is -4.75. The summed E-state index contributed by atoms with van der Waals surface area (Å²) in [5, 5.41) is 19.8. The van der Waals surface area contributed by atoms with E-state index in [1.807, 2.05) is 0 Å². The van der Waals surface area contributed by atoms with Crippen LogP contribution in [-0.2, 0) is 10.1 Å². The molecule has 10 nitrogen and oxygen atoms in total. The van der Waals surface area contributed by atoms with Crippen molar-refractivity contribution in [2.45, 2.75) is 4.90 Å². The Kier molecular flexibility index (Phi) is 4.47. The van der Waals surface area contributed by atoms with Gasteiger partial charge in [0.05, 0.1) is 10.6 Å². The molecule has 0 fully saturated rings. The number of rotatable bonds is 4. The topological polar surface area (TPSA) is 174 Å². The van der Waals surface area contributed by atoms with Crippen molar-refractivity contribution in [3.8, 4) is 0 Å². The van der Waals surface area contributed by atoms with Gasteiger partial charge in [0.25, 0.3) is 15.8 Å². The fraction of sp³-hybridized carbons (Fsp3) is 0. The van der Waals surface area contributed by atoms with Crippen molar-refractivity contribution in [2.24, 2.45) is 10.2 Å². The molecule has 0 aliphatic rings. The molecule has 5 N–H and O–H groups in total. The summed E-state index contributed by atoms with van der Waals surface area (Å²) < 4.78 is 32.4. The molecule has 138 valence electrons. The first-order valence-electron chi connectivity index (χ1n) is 7.43. The van der Waals surface area contributed by atoms with Crippen LogP contribution in [0.15, 0.2) is 63.7 Å². The Hall–Kier alpha value is -3.57. The summed E-state index contributed by atoms with van der Waals surface area (Å²) in [6.45, 7) is 0. The van der Waals surface area contributed by atoms with E-state index in [0.717, 1.165) is 12.1 Å². The highest BCUT2D eigenvalue weighted by atomic mass is 32.2. The van der Waals surface area contributed by atoms with Crippen LogP contribution in [0, 0.1) is 10.1 Å². The molecule has 11 heteroatoms. The molecule has 0 unspecified atom stereocenters. The van der Waals surface area contributed by atoms with Crippen LogP contribution in [0.4, 0.5) is 28.4 Å². The van der Waals surface area contributed by atoms with Crippen LogP contribution in [0.5, 0.6) is 0 Å². The summed E-state index contributed by atoms with van der Waals surface area (Å²) >= 11 is 0. The molecular formula is C16H13N5O5S. The molecule has 0 spiro atoms. The van der Waals surface area contributed by atoms with E-state index in [9.17, 15) is 23.1 Å². The zero-order valence-electron chi connectivity index (χ0n) is 13.6. The second-order valence-corrected chi connectivity index (χ2v) is 6.92. The van der Waals surface area contributed by atoms with Crippen molar-refractivity contribution in [1.82, 2.24) is 0 Å². The summed E-state index contributed by atoms with van der Waals surface area (Å²) in [6.07, 6.45) is 0. The van der Waals surface area contributed by atoms with Crippen LogP contribution >= 0.6 is 0 Å². The molecule has 3 rings (SSSR count). The zero-order valence-corrected chi connectivity index (χ0v) is 14.4. The zero-order chi connectivity index (χ0) is 19.8. The van der Waals surface area contributed by atoms with Gasteiger partial charge in [-0.05, 0) is 24.3 Å². The number of nitro benzene ring substituents is 1. The number of hydrogen-bond acceptors (Lipinski definition) is 8. The molecule has 0 saturated heterocycles. The minimum atomic E-state index is -4.75. The minimum Gasteiger partial charge on any atom is -0.398 e. The highest BCUT2D eigenvalue weighted by molar-refractivity contribution is 7.86. The van der Waals surface area contributed by atoms with E-state index < -0.39 is 25.6 Å². The average molecular weight is 387 g/mol. The van der Waals surface area contributed by atoms with E-state index in [-0.39, 0.29) is 5.69 Å². The molecule has 0 saturated carbocycles. The fourth-order valence-electron chi connectivity index (χ4n) is 2.55. The van der Waals surface area contributed by atoms with Crippen molar-refractivity contribution in [2.75, 3.05) is 11.5 Å². The molecular weight excluding hydrogens is 374 g/mol. The number of benzene rings is 3. The molecule has 0 radical (unpaired) electrons. The summed E-state index contributed by atoms with van der Waals surface area (Å²) in [5.41, 5.74) is 12.3. The smallest absolute Gasteiger partial charge is 0.297 e. The molecule has 27 heavy (non-hydrogen) atoms. The molecule has 0 aromatic heterocycles. The van der Waals surface area contributed by atoms with E-state index in [4.69, 9.17) is 11.5 Å². The second-order valence-electron chi connectivity index (χ2n) is 5.53. The van der Waals surface area contributed by atoms with Crippen molar-refractivity contribution in [3.05, 3.63) is 58.6 Å². The van der Waals surface area contributed by atoms with Gasteiger partial charge >= 0.3 is 0 Å². The van der Waals surface area contributed by atoms with E-state index in [0.29, 0.717) is 33.9 Å². The second kappa shape index (κ2) is 6.63. The lowest BCUT2D eigenvalue weighted by Gasteiger charge is -2.07. The Labute approximate surface area is 153 Å². The van der Waals surface area contributed by atoms with Crippen LogP contribution < -0.4 is 11.5 Å². The molecule has 3 aromatic rings. The number of nitro groups is 1. The number of fused-ring (bicyclic) bond motifs is 1. The van der Waals surface area contributed by atoms with E-state index in [1.165, 1.54) is 0 Å². The highest BCUT2D eigenvalue weighted by Crippen LogP contribution is 2.36. The predicted octanol–water partition coefficient (Wildman–Crippen LogP) is 3.57. The van der Waals surface area contributed by atoms with Crippen LogP contribution in [0.2, 0.25) is 0 Å². The number of non-ortho nitro benzene ring substituents is 1. The average Bonchev–Trinajstić information content (AvgIpc) is 2.60. The van der Waals surface area contributed by atoms with Gasteiger partial charge in [0, 0.05) is 34.3 Å². The fourth-order valence-corrected chi connectivity index (χ4v) is 3.19. The van der Waals surface area contributed by atoms with Crippen LogP contribution in [0.25, 0.3) is 10.8 Å². The molecule has 0 amide bonds. The van der Waals surface area contributed by atoms with Gasteiger partial charge in [-0.25, -0.2) is 0 Å². The SMILES string of the molecule is Nc1cccc2c(N=Nc3ccc([N+](=O)[O-])cc3S(=O)(=O)O)ccc(N)c12. The van der Waals surface area contributed by atoms with E-state index in [1.54, 1.807) is 30.3 Å². The van der Waals surface area contributed by atoms with Crippen molar-refractivity contribution >= 4 is 49.3 Å². The number of nitrogen functional groups attached to an aromatic ring is 2. The van der Waals surface area contributed by atoms with Gasteiger partial charge in [-0.3, -0.25) is 14.7 Å². The summed E-state index contributed by atoms with van der Waals surface area (Å²) in [6, 6.07) is 11.1. The lowest BCUT2D eigenvalue weighted by atomic mass is 10.1. The van der Waals surface area contributed by atoms with Gasteiger partial charge in [0.2, 0.25) is 0 Å². The number of nitrogens with two attached hydrogens (primary N) is 2. The number of nitrogens with zero attached hydrogens (tertiary/aromatic N) is 3. The van der Waals surface area contributed by atoms with Gasteiger partial charge in [0.1, 0.15) is 10.6 Å². The number of hydrogen-bond donors (Lipinski definition) is 3. The minimum absolute atomic E-state index is 0.253. The standard InChI is InChI=1S/C16H13N5O5S/c17-11-3-1-2-10-13(7-5-12(18)16(10)11)19-20-14-6-4-9(21(22)23)8-15(14)27(24,25)26/h1-8H,17-18H2,(H,24,25,26). The van der Waals surface area contributed by atoms with Gasteiger partial charge in [-0.1, -0.05) is 12.1 Å². The third kappa shape index (κ3) is 3.54. The summed E-state index contributed by atoms with van der Waals surface area (Å²) in [4.78, 5) is 9.32. The quantitative estimate of drug-likeness (QED) is 0.201. The Morgan fingerprint density at radius 1 is 0.963 bits per heavy atom. The van der Waals surface area contributed by atoms with Gasteiger partial charge < -0.3 is 11.5 Å². The van der Waals surface area contributed by atoms with Gasteiger partial charge in [0.15, 0.2) is 0 Å².